The van der Waals surface area contributed by atoms with Crippen LogP contribution in [0.25, 0.3) is 0 Å². The van der Waals surface area contributed by atoms with E-state index >= 15 is 0 Å². The summed E-state index contributed by atoms with van der Waals surface area (Å²) in [6.45, 7) is 8.90. The van der Waals surface area contributed by atoms with Gasteiger partial charge in [-0.3, -0.25) is 9.59 Å². The summed E-state index contributed by atoms with van der Waals surface area (Å²) in [5.74, 6) is 1.18. The number of thiazole rings is 1. The third-order valence-electron chi connectivity index (χ3n) is 4.81. The molecule has 2 aromatic heterocycles. The molecule has 0 atom stereocenters. The molecule has 0 unspecified atom stereocenters. The maximum atomic E-state index is 12.4. The standard InChI is InChI=1S/C24H28ClN5O4S2/c1-4-10-30-20(7-6-11-34-19-9-8-17(25)12-16(19)3)28-29-24(30)36-15-21(31)27-23-26-18(14-35-23)13-22(32)33-5-2/h4,8-9,12,14H,1,5-7,10-11,13,15H2,2-3H3,(H,26,27,31). The molecule has 1 aromatic carbocycles. The monoisotopic (exact) mass is 549 g/mol. The number of halogens is 1. The first-order chi connectivity index (χ1) is 17.4. The lowest BCUT2D eigenvalue weighted by atomic mass is 10.2. The number of allylic oxidation sites excluding steroid dienone is 1. The smallest absolute Gasteiger partial charge is 0.311 e. The van der Waals surface area contributed by atoms with Crippen molar-refractivity contribution in [3.8, 4) is 5.75 Å². The third kappa shape index (κ3) is 8.35. The molecule has 0 aliphatic rings. The summed E-state index contributed by atoms with van der Waals surface area (Å²) in [5.41, 5.74) is 1.55. The van der Waals surface area contributed by atoms with Gasteiger partial charge in [0, 0.05) is 23.4 Å². The lowest BCUT2D eigenvalue weighted by molar-refractivity contribution is -0.142. The minimum Gasteiger partial charge on any atom is -0.493 e. The van der Waals surface area contributed by atoms with E-state index in [0.717, 1.165) is 23.6 Å². The molecule has 0 fully saturated rings. The van der Waals surface area contributed by atoms with E-state index in [4.69, 9.17) is 21.1 Å². The van der Waals surface area contributed by atoms with Gasteiger partial charge in [0.15, 0.2) is 10.3 Å². The number of amides is 1. The highest BCUT2D eigenvalue weighted by molar-refractivity contribution is 7.99. The fourth-order valence-corrected chi connectivity index (χ4v) is 4.92. The van der Waals surface area contributed by atoms with E-state index in [-0.39, 0.29) is 24.1 Å². The van der Waals surface area contributed by atoms with Gasteiger partial charge in [0.05, 0.1) is 31.1 Å². The summed E-state index contributed by atoms with van der Waals surface area (Å²) in [6, 6.07) is 5.54. The van der Waals surface area contributed by atoms with Crippen LogP contribution in [0.15, 0.2) is 41.4 Å². The zero-order valence-corrected chi connectivity index (χ0v) is 22.5. The second-order valence-electron chi connectivity index (χ2n) is 7.62. The van der Waals surface area contributed by atoms with Gasteiger partial charge in [-0.25, -0.2) is 4.98 Å². The Morgan fingerprint density at radius 1 is 1.33 bits per heavy atom. The number of aromatic nitrogens is 4. The molecule has 1 N–H and O–H groups in total. The molecular formula is C24H28ClN5O4S2. The van der Waals surface area contributed by atoms with Crippen LogP contribution in [0, 0.1) is 6.92 Å². The van der Waals surface area contributed by atoms with E-state index in [1.54, 1.807) is 24.4 Å². The molecule has 192 valence electrons. The van der Waals surface area contributed by atoms with Crippen LogP contribution in [0.4, 0.5) is 5.13 Å². The lowest BCUT2D eigenvalue weighted by Crippen LogP contribution is -2.15. The summed E-state index contributed by atoms with van der Waals surface area (Å²) in [5, 5.41) is 14.8. The maximum Gasteiger partial charge on any atom is 0.311 e. The number of nitrogens with zero attached hydrogens (tertiary/aromatic N) is 4. The molecule has 1 amide bonds. The van der Waals surface area contributed by atoms with Gasteiger partial charge < -0.3 is 19.4 Å². The minimum atomic E-state index is -0.347. The van der Waals surface area contributed by atoms with E-state index in [1.165, 1.54) is 23.1 Å². The lowest BCUT2D eigenvalue weighted by Gasteiger charge is -2.10. The van der Waals surface area contributed by atoms with Crippen molar-refractivity contribution in [1.82, 2.24) is 19.7 Å². The van der Waals surface area contributed by atoms with Gasteiger partial charge in [0.25, 0.3) is 0 Å². The Balaban J connectivity index is 1.48. The van der Waals surface area contributed by atoms with Gasteiger partial charge in [0.2, 0.25) is 5.91 Å². The van der Waals surface area contributed by atoms with Crippen LogP contribution >= 0.6 is 34.7 Å². The average Bonchev–Trinajstić information content (AvgIpc) is 3.43. The summed E-state index contributed by atoms with van der Waals surface area (Å²) < 4.78 is 12.7. The largest absolute Gasteiger partial charge is 0.493 e. The second-order valence-corrected chi connectivity index (χ2v) is 9.86. The average molecular weight is 550 g/mol. The zero-order valence-electron chi connectivity index (χ0n) is 20.2. The van der Waals surface area contributed by atoms with Crippen molar-refractivity contribution in [2.75, 3.05) is 24.3 Å². The van der Waals surface area contributed by atoms with Crippen LogP contribution in [0.2, 0.25) is 5.02 Å². The van der Waals surface area contributed by atoms with Gasteiger partial charge >= 0.3 is 5.97 Å². The number of carbonyl (C=O) groups excluding carboxylic acids is 2. The molecule has 0 saturated heterocycles. The number of hydrogen-bond acceptors (Lipinski definition) is 9. The number of esters is 1. The number of thioether (sulfide) groups is 1. The van der Waals surface area contributed by atoms with Crippen molar-refractivity contribution >= 4 is 51.7 Å². The van der Waals surface area contributed by atoms with E-state index in [2.05, 4.69) is 27.1 Å². The third-order valence-corrected chi connectivity index (χ3v) is 6.81. The summed E-state index contributed by atoms with van der Waals surface area (Å²) in [6.07, 6.45) is 3.27. The molecule has 36 heavy (non-hydrogen) atoms. The Morgan fingerprint density at radius 3 is 2.92 bits per heavy atom. The molecule has 12 heteroatoms. The molecule has 0 aliphatic carbocycles. The zero-order chi connectivity index (χ0) is 25.9. The van der Waals surface area contributed by atoms with E-state index in [9.17, 15) is 9.59 Å². The quantitative estimate of drug-likeness (QED) is 0.133. The molecule has 3 rings (SSSR count). The predicted octanol–water partition coefficient (Wildman–Crippen LogP) is 4.73. The fourth-order valence-electron chi connectivity index (χ4n) is 3.20. The Hall–Kier alpha value is -2.89. The number of carbonyl (C=O) groups is 2. The minimum absolute atomic E-state index is 0.0761. The van der Waals surface area contributed by atoms with E-state index in [0.29, 0.717) is 47.2 Å². The Morgan fingerprint density at radius 2 is 2.17 bits per heavy atom. The Bertz CT molecular complexity index is 1200. The van der Waals surface area contributed by atoms with E-state index in [1.807, 2.05) is 23.6 Å². The summed E-state index contributed by atoms with van der Waals surface area (Å²) in [4.78, 5) is 28.3. The predicted molar refractivity (Wildman–Crippen MR) is 142 cm³/mol. The first-order valence-corrected chi connectivity index (χ1v) is 13.6. The highest BCUT2D eigenvalue weighted by Gasteiger charge is 2.15. The molecule has 0 bridgehead atoms. The Labute approximate surface area is 223 Å². The number of hydrogen-bond donors (Lipinski definition) is 1. The summed E-state index contributed by atoms with van der Waals surface area (Å²) in [7, 11) is 0. The Kier molecular flexibility index (Phi) is 10.8. The van der Waals surface area contributed by atoms with Crippen molar-refractivity contribution in [2.24, 2.45) is 0 Å². The van der Waals surface area contributed by atoms with Crippen molar-refractivity contribution < 1.29 is 19.1 Å². The van der Waals surface area contributed by atoms with Gasteiger partial charge in [-0.2, -0.15) is 0 Å². The van der Waals surface area contributed by atoms with E-state index < -0.39 is 0 Å². The molecule has 0 saturated carbocycles. The fraction of sp³-hybridized carbons (Fsp3) is 0.375. The van der Waals surface area contributed by atoms with Crippen LogP contribution in [0.1, 0.15) is 30.4 Å². The van der Waals surface area contributed by atoms with Gasteiger partial charge in [-0.05, 0) is 44.0 Å². The number of nitrogens with one attached hydrogen (secondary N) is 1. The highest BCUT2D eigenvalue weighted by Crippen LogP contribution is 2.23. The first kappa shape index (κ1) is 27.7. The first-order valence-electron chi connectivity index (χ1n) is 11.3. The number of aryl methyl sites for hydroxylation is 2. The van der Waals surface area contributed by atoms with Crippen molar-refractivity contribution in [1.29, 1.82) is 0 Å². The highest BCUT2D eigenvalue weighted by atomic mass is 35.5. The molecule has 9 nitrogen and oxygen atoms in total. The van der Waals surface area contributed by atoms with Gasteiger partial charge in [-0.1, -0.05) is 29.4 Å². The van der Waals surface area contributed by atoms with Crippen LogP contribution in [0.3, 0.4) is 0 Å². The topological polar surface area (TPSA) is 108 Å². The van der Waals surface area contributed by atoms with Crippen molar-refractivity contribution in [3.63, 3.8) is 0 Å². The van der Waals surface area contributed by atoms with Gasteiger partial charge in [0.1, 0.15) is 11.6 Å². The molecule has 2 heterocycles. The van der Waals surface area contributed by atoms with Crippen LogP contribution in [-0.4, -0.2) is 50.6 Å². The number of anilines is 1. The second kappa shape index (κ2) is 14.0. The summed E-state index contributed by atoms with van der Waals surface area (Å²) >= 11 is 8.54. The molecule has 0 radical (unpaired) electrons. The maximum absolute atomic E-state index is 12.4. The molecule has 3 aromatic rings. The SMILES string of the molecule is C=CCn1c(CCCOc2ccc(Cl)cc2C)nnc1SCC(=O)Nc1nc(CC(=O)OCC)cs1. The number of rotatable bonds is 14. The van der Waals surface area contributed by atoms with Crippen molar-refractivity contribution in [2.45, 2.75) is 44.8 Å². The van der Waals surface area contributed by atoms with Gasteiger partial charge in [-0.15, -0.1) is 28.1 Å². The normalized spacial score (nSPS) is 10.8. The van der Waals surface area contributed by atoms with Crippen LogP contribution < -0.4 is 10.1 Å². The molecule has 0 aliphatic heterocycles. The molecular weight excluding hydrogens is 522 g/mol. The number of ether oxygens (including phenoxy) is 2. The van der Waals surface area contributed by atoms with Crippen molar-refractivity contribution in [3.05, 3.63) is 58.3 Å². The molecule has 0 spiro atoms. The van der Waals surface area contributed by atoms with Crippen LogP contribution in [-0.2, 0) is 33.7 Å². The number of benzene rings is 1. The van der Waals surface area contributed by atoms with Crippen LogP contribution in [0.5, 0.6) is 5.75 Å².